The number of aromatic nitrogens is 1. The maximum Gasteiger partial charge on any atom is 0.234 e. The fourth-order valence-corrected chi connectivity index (χ4v) is 3.56. The van der Waals surface area contributed by atoms with Gasteiger partial charge in [-0.25, -0.2) is 4.98 Å². The lowest BCUT2D eigenvalue weighted by atomic mass is 10.1. The Morgan fingerprint density at radius 3 is 2.95 bits per heavy atom. The van der Waals surface area contributed by atoms with Gasteiger partial charge in [-0.2, -0.15) is 0 Å². The average Bonchev–Trinajstić information content (AvgIpc) is 2.75. The molecule has 0 saturated heterocycles. The summed E-state index contributed by atoms with van der Waals surface area (Å²) in [6, 6.07) is 7.90. The molecule has 0 aliphatic heterocycles. The van der Waals surface area contributed by atoms with Crippen LogP contribution < -0.4 is 11.1 Å². The number of carbonyl (C=O) groups excluding carboxylic acids is 1. The Morgan fingerprint density at radius 1 is 1.50 bits per heavy atom. The SMILES string of the molecule is CCc1cccc(NC(=O)CSc2sc(N)nc2C)c1. The summed E-state index contributed by atoms with van der Waals surface area (Å²) in [4.78, 5) is 16.1. The van der Waals surface area contributed by atoms with Gasteiger partial charge in [-0.3, -0.25) is 4.79 Å². The quantitative estimate of drug-likeness (QED) is 0.831. The van der Waals surface area contributed by atoms with E-state index >= 15 is 0 Å². The Labute approximate surface area is 126 Å². The van der Waals surface area contributed by atoms with E-state index in [2.05, 4.69) is 17.2 Å². The van der Waals surface area contributed by atoms with E-state index < -0.39 is 0 Å². The van der Waals surface area contributed by atoms with Gasteiger partial charge >= 0.3 is 0 Å². The molecule has 3 N–H and O–H groups in total. The van der Waals surface area contributed by atoms with Crippen LogP contribution in [0.25, 0.3) is 0 Å². The standard InChI is InChI=1S/C14H17N3OS2/c1-3-10-5-4-6-11(7-10)17-12(18)8-19-13-9(2)16-14(15)20-13/h4-7H,3,8H2,1-2H3,(H2,15,16)(H,17,18). The fourth-order valence-electron chi connectivity index (χ4n) is 1.73. The van der Waals surface area contributed by atoms with Crippen molar-refractivity contribution in [1.82, 2.24) is 4.98 Å². The molecule has 20 heavy (non-hydrogen) atoms. The molecule has 0 unspecified atom stereocenters. The molecular weight excluding hydrogens is 290 g/mol. The maximum absolute atomic E-state index is 11.9. The second-order valence-corrected chi connectivity index (χ2v) is 6.59. The zero-order chi connectivity index (χ0) is 14.5. The van der Waals surface area contributed by atoms with Crippen LogP contribution in [0, 0.1) is 6.92 Å². The van der Waals surface area contributed by atoms with E-state index in [-0.39, 0.29) is 5.91 Å². The molecule has 0 aliphatic rings. The highest BCUT2D eigenvalue weighted by Crippen LogP contribution is 2.30. The van der Waals surface area contributed by atoms with Crippen molar-refractivity contribution in [3.05, 3.63) is 35.5 Å². The molecule has 1 aromatic heterocycles. The van der Waals surface area contributed by atoms with Crippen LogP contribution in [-0.2, 0) is 11.2 Å². The van der Waals surface area contributed by atoms with Crippen molar-refractivity contribution in [2.45, 2.75) is 24.5 Å². The number of nitrogens with one attached hydrogen (secondary N) is 1. The summed E-state index contributed by atoms with van der Waals surface area (Å²) in [5.74, 6) is 0.341. The van der Waals surface area contributed by atoms with E-state index in [4.69, 9.17) is 5.73 Å². The van der Waals surface area contributed by atoms with Gasteiger partial charge in [0, 0.05) is 5.69 Å². The Balaban J connectivity index is 1.90. The van der Waals surface area contributed by atoms with Crippen molar-refractivity contribution in [3.8, 4) is 0 Å². The van der Waals surface area contributed by atoms with E-state index in [0.29, 0.717) is 10.9 Å². The predicted octanol–water partition coefficient (Wildman–Crippen LogP) is 3.33. The third kappa shape index (κ3) is 3.98. The van der Waals surface area contributed by atoms with Crippen LogP contribution >= 0.6 is 23.1 Å². The Bertz CT molecular complexity index is 610. The van der Waals surface area contributed by atoms with Crippen molar-refractivity contribution in [2.24, 2.45) is 0 Å². The monoisotopic (exact) mass is 307 g/mol. The number of hydrogen-bond donors (Lipinski definition) is 2. The average molecular weight is 307 g/mol. The first-order chi connectivity index (χ1) is 9.58. The molecule has 0 radical (unpaired) electrons. The fraction of sp³-hybridized carbons (Fsp3) is 0.286. The molecule has 0 aliphatic carbocycles. The lowest BCUT2D eigenvalue weighted by Gasteiger charge is -2.06. The number of nitrogens with two attached hydrogens (primary N) is 1. The minimum Gasteiger partial charge on any atom is -0.375 e. The van der Waals surface area contributed by atoms with Crippen molar-refractivity contribution >= 4 is 39.8 Å². The third-order valence-electron chi connectivity index (χ3n) is 2.72. The lowest BCUT2D eigenvalue weighted by Crippen LogP contribution is -2.14. The molecule has 0 fully saturated rings. The van der Waals surface area contributed by atoms with E-state index in [1.807, 2.05) is 31.2 Å². The Kier molecular flexibility index (Phi) is 5.03. The number of nitrogen functional groups attached to an aromatic ring is 1. The molecule has 1 aromatic carbocycles. The summed E-state index contributed by atoms with van der Waals surface area (Å²) in [5.41, 5.74) is 8.57. The Morgan fingerprint density at radius 2 is 2.30 bits per heavy atom. The number of rotatable bonds is 5. The van der Waals surface area contributed by atoms with Crippen LogP contribution in [-0.4, -0.2) is 16.6 Å². The van der Waals surface area contributed by atoms with Gasteiger partial charge in [0.1, 0.15) is 0 Å². The molecule has 0 saturated carbocycles. The van der Waals surface area contributed by atoms with Gasteiger partial charge in [0.25, 0.3) is 0 Å². The third-order valence-corrected chi connectivity index (χ3v) is 5.07. The van der Waals surface area contributed by atoms with Gasteiger partial charge in [-0.05, 0) is 31.0 Å². The lowest BCUT2D eigenvalue weighted by molar-refractivity contribution is -0.113. The number of benzene rings is 1. The molecule has 0 atom stereocenters. The van der Waals surface area contributed by atoms with Crippen LogP contribution in [0.1, 0.15) is 18.2 Å². The molecule has 2 aromatic rings. The highest BCUT2D eigenvalue weighted by Gasteiger charge is 2.09. The number of carbonyl (C=O) groups is 1. The van der Waals surface area contributed by atoms with Gasteiger partial charge < -0.3 is 11.1 Å². The first-order valence-corrected chi connectivity index (χ1v) is 8.13. The van der Waals surface area contributed by atoms with Gasteiger partial charge in [0.05, 0.1) is 15.7 Å². The summed E-state index contributed by atoms with van der Waals surface area (Å²) in [5, 5.41) is 3.45. The normalized spacial score (nSPS) is 10.5. The summed E-state index contributed by atoms with van der Waals surface area (Å²) in [6.07, 6.45) is 0.956. The van der Waals surface area contributed by atoms with Crippen molar-refractivity contribution in [3.63, 3.8) is 0 Å². The first-order valence-electron chi connectivity index (χ1n) is 6.33. The highest BCUT2D eigenvalue weighted by atomic mass is 32.2. The second kappa shape index (κ2) is 6.76. The number of thiazole rings is 1. The molecular formula is C14H17N3OS2. The largest absolute Gasteiger partial charge is 0.375 e. The molecule has 106 valence electrons. The van der Waals surface area contributed by atoms with Crippen molar-refractivity contribution in [1.29, 1.82) is 0 Å². The summed E-state index contributed by atoms with van der Waals surface area (Å²) >= 11 is 2.89. The number of nitrogens with zero attached hydrogens (tertiary/aromatic N) is 1. The van der Waals surface area contributed by atoms with Crippen LogP contribution in [0.2, 0.25) is 0 Å². The molecule has 1 amide bonds. The van der Waals surface area contributed by atoms with Gasteiger partial charge in [0.2, 0.25) is 5.91 Å². The Hall–Kier alpha value is -1.53. The van der Waals surface area contributed by atoms with Gasteiger partial charge in [-0.15, -0.1) is 11.8 Å². The number of anilines is 2. The van der Waals surface area contributed by atoms with E-state index in [1.54, 1.807) is 0 Å². The molecule has 6 heteroatoms. The molecule has 2 rings (SSSR count). The van der Waals surface area contributed by atoms with Gasteiger partial charge in [0.15, 0.2) is 5.13 Å². The topological polar surface area (TPSA) is 68.0 Å². The first kappa shape index (κ1) is 14.9. The summed E-state index contributed by atoms with van der Waals surface area (Å²) < 4.78 is 1.000. The number of hydrogen-bond acceptors (Lipinski definition) is 5. The van der Waals surface area contributed by atoms with Crippen LogP contribution in [0.3, 0.4) is 0 Å². The van der Waals surface area contributed by atoms with Crippen molar-refractivity contribution in [2.75, 3.05) is 16.8 Å². The molecule has 1 heterocycles. The molecule has 0 bridgehead atoms. The van der Waals surface area contributed by atoms with Crippen LogP contribution in [0.5, 0.6) is 0 Å². The van der Waals surface area contributed by atoms with Crippen LogP contribution in [0.4, 0.5) is 10.8 Å². The zero-order valence-corrected chi connectivity index (χ0v) is 13.1. The second-order valence-electron chi connectivity index (χ2n) is 4.32. The van der Waals surface area contributed by atoms with E-state index in [0.717, 1.165) is 22.0 Å². The van der Waals surface area contributed by atoms with Gasteiger partial charge in [-0.1, -0.05) is 30.4 Å². The number of thioether (sulfide) groups is 1. The number of amides is 1. The minimum absolute atomic E-state index is 0.0189. The highest BCUT2D eigenvalue weighted by molar-refractivity contribution is 8.01. The molecule has 0 spiro atoms. The number of aryl methyl sites for hydroxylation is 2. The minimum atomic E-state index is -0.0189. The van der Waals surface area contributed by atoms with E-state index in [1.165, 1.54) is 28.7 Å². The molecule has 4 nitrogen and oxygen atoms in total. The maximum atomic E-state index is 11.9. The smallest absolute Gasteiger partial charge is 0.234 e. The van der Waals surface area contributed by atoms with Crippen LogP contribution in [0.15, 0.2) is 28.5 Å². The zero-order valence-electron chi connectivity index (χ0n) is 11.5. The summed E-state index contributed by atoms with van der Waals surface area (Å²) in [6.45, 7) is 3.99. The van der Waals surface area contributed by atoms with E-state index in [9.17, 15) is 4.79 Å². The predicted molar refractivity (Wildman–Crippen MR) is 86.4 cm³/mol. The van der Waals surface area contributed by atoms with Crippen molar-refractivity contribution < 1.29 is 4.79 Å². The summed E-state index contributed by atoms with van der Waals surface area (Å²) in [7, 11) is 0.